The molecule has 1 aliphatic heterocycles. The van der Waals surface area contributed by atoms with Crippen LogP contribution in [-0.4, -0.2) is 66.3 Å². The van der Waals surface area contributed by atoms with Crippen molar-refractivity contribution >= 4 is 42.1 Å². The molecule has 1 aromatic carbocycles. The van der Waals surface area contributed by atoms with Gasteiger partial charge in [-0.3, -0.25) is 4.79 Å². The number of amides is 1. The number of benzene rings is 1. The number of piperazine rings is 1. The van der Waals surface area contributed by atoms with Gasteiger partial charge in [-0.25, -0.2) is 4.99 Å². The number of nitrogens with one attached hydrogen (secondary N) is 3. The summed E-state index contributed by atoms with van der Waals surface area (Å²) in [6.45, 7) is 10.9. The molecule has 1 saturated heterocycles. The summed E-state index contributed by atoms with van der Waals surface area (Å²) in [4.78, 5) is 24.9. The first kappa shape index (κ1) is 21.3. The number of nitrogen functional groups attached to an aromatic ring is 1. The van der Waals surface area contributed by atoms with Crippen molar-refractivity contribution < 1.29 is 4.79 Å². The zero-order valence-corrected chi connectivity index (χ0v) is 17.7. The Kier molecular flexibility index (Phi) is 6.37. The van der Waals surface area contributed by atoms with Crippen LogP contribution in [0.5, 0.6) is 0 Å². The van der Waals surface area contributed by atoms with Crippen LogP contribution in [0.15, 0.2) is 23.3 Å². The molecule has 1 fully saturated rings. The molecule has 0 spiro atoms. The molecule has 2 aromatic rings. The van der Waals surface area contributed by atoms with Crippen LogP contribution in [0.3, 0.4) is 0 Å². The van der Waals surface area contributed by atoms with Gasteiger partial charge in [0.1, 0.15) is 5.82 Å². The topological polar surface area (TPSA) is 114 Å². The molecule has 1 aliphatic rings. The van der Waals surface area contributed by atoms with Crippen molar-refractivity contribution in [1.29, 1.82) is 5.41 Å². The fourth-order valence-corrected chi connectivity index (χ4v) is 3.51. The smallest absolute Gasteiger partial charge is 0.256 e. The molecule has 8 nitrogen and oxygen atoms in total. The first-order chi connectivity index (χ1) is 14.3. The molecule has 0 bridgehead atoms. The van der Waals surface area contributed by atoms with Gasteiger partial charge >= 0.3 is 0 Å². The van der Waals surface area contributed by atoms with Crippen LogP contribution < -0.4 is 21.6 Å². The normalized spacial score (nSPS) is 16.0. The molecule has 0 unspecified atom stereocenters. The number of H-pyrrole nitrogens is 1. The van der Waals surface area contributed by atoms with Crippen LogP contribution in [-0.2, 0) is 0 Å². The molecule has 8 heteroatoms. The highest BCUT2D eigenvalue weighted by Gasteiger charge is 2.23. The van der Waals surface area contributed by atoms with Gasteiger partial charge in [-0.2, -0.15) is 0 Å². The minimum absolute atomic E-state index is 0.0379. The predicted molar refractivity (Wildman–Crippen MR) is 124 cm³/mol. The first-order valence-electron chi connectivity index (χ1n) is 9.90. The van der Waals surface area contributed by atoms with E-state index in [1.807, 2.05) is 24.8 Å². The van der Waals surface area contributed by atoms with Crippen molar-refractivity contribution in [3.8, 4) is 0 Å². The lowest BCUT2D eigenvalue weighted by Gasteiger charge is -2.32. The summed E-state index contributed by atoms with van der Waals surface area (Å²) >= 11 is 0. The molecule has 1 amide bonds. The molecule has 5 N–H and O–H groups in total. The fraction of sp³-hybridized carbons (Fsp3) is 0.318. The molecule has 0 saturated carbocycles. The molecule has 3 rings (SSSR count). The van der Waals surface area contributed by atoms with Gasteiger partial charge in [0.2, 0.25) is 0 Å². The molecule has 1 aromatic heterocycles. The average Bonchev–Trinajstić information content (AvgIpc) is 3.10. The third-order valence-electron chi connectivity index (χ3n) is 5.32. The number of aromatic nitrogens is 1. The number of aliphatic imine (C=N–C) groups is 1. The SMILES string of the molecule is C=c1[nH]cc(C(=O)N2CCN(C)CC2)/c1=C(/N=C\C)Nc1cc(C=N)c(N)cc1C. The largest absolute Gasteiger partial charge is 0.398 e. The number of carbonyl (C=O) groups excluding carboxylic acids is 1. The third-order valence-corrected chi connectivity index (χ3v) is 5.32. The zero-order valence-electron chi connectivity index (χ0n) is 17.7. The lowest BCUT2D eigenvalue weighted by atomic mass is 10.1. The van der Waals surface area contributed by atoms with Gasteiger partial charge < -0.3 is 31.2 Å². The van der Waals surface area contributed by atoms with Crippen LogP contribution in [0.1, 0.15) is 28.4 Å². The van der Waals surface area contributed by atoms with Crippen LogP contribution in [0.4, 0.5) is 11.4 Å². The fourth-order valence-electron chi connectivity index (χ4n) is 3.51. The number of nitrogens with zero attached hydrogens (tertiary/aromatic N) is 3. The average molecular weight is 408 g/mol. The Morgan fingerprint density at radius 3 is 2.67 bits per heavy atom. The van der Waals surface area contributed by atoms with Crippen LogP contribution in [0.2, 0.25) is 0 Å². The Hall–Kier alpha value is -3.39. The predicted octanol–water partition coefficient (Wildman–Crippen LogP) is 0.969. The molecule has 30 heavy (non-hydrogen) atoms. The van der Waals surface area contributed by atoms with Gasteiger partial charge in [-0.1, -0.05) is 6.58 Å². The summed E-state index contributed by atoms with van der Waals surface area (Å²) in [5, 5.41) is 12.1. The van der Waals surface area contributed by atoms with E-state index in [0.29, 0.717) is 46.3 Å². The maximum Gasteiger partial charge on any atom is 0.256 e. The van der Waals surface area contributed by atoms with Crippen LogP contribution >= 0.6 is 0 Å². The lowest BCUT2D eigenvalue weighted by molar-refractivity contribution is 0.0663. The number of hydrogen-bond donors (Lipinski definition) is 4. The number of rotatable bonds is 5. The quantitative estimate of drug-likeness (QED) is 0.437. The molecule has 0 aliphatic carbocycles. The molecular formula is C22H29N7O. The second kappa shape index (κ2) is 8.96. The molecule has 2 heterocycles. The van der Waals surface area contributed by atoms with E-state index in [9.17, 15) is 4.79 Å². The van der Waals surface area contributed by atoms with Gasteiger partial charge in [0, 0.05) is 67.1 Å². The summed E-state index contributed by atoms with van der Waals surface area (Å²) in [5.41, 5.74) is 9.35. The van der Waals surface area contributed by atoms with Crippen molar-refractivity contribution in [2.45, 2.75) is 13.8 Å². The number of carbonyl (C=O) groups is 1. The minimum atomic E-state index is -0.0379. The number of likely N-dealkylation sites (N-methyl/N-ethyl adjacent to an activating group) is 1. The summed E-state index contributed by atoms with van der Waals surface area (Å²) in [5.74, 6) is 0.481. The highest BCUT2D eigenvalue weighted by molar-refractivity contribution is 5.96. The van der Waals surface area contributed by atoms with E-state index in [-0.39, 0.29) is 5.91 Å². The van der Waals surface area contributed by atoms with E-state index in [4.69, 9.17) is 11.1 Å². The first-order valence-corrected chi connectivity index (χ1v) is 9.90. The summed E-state index contributed by atoms with van der Waals surface area (Å²) < 4.78 is 0. The molecular weight excluding hydrogens is 378 g/mol. The van der Waals surface area contributed by atoms with Crippen LogP contribution in [0.25, 0.3) is 12.4 Å². The molecule has 0 radical (unpaired) electrons. The van der Waals surface area contributed by atoms with Gasteiger partial charge in [0.05, 0.1) is 10.8 Å². The Bertz CT molecular complexity index is 1090. The van der Waals surface area contributed by atoms with Gasteiger partial charge in [0.25, 0.3) is 5.91 Å². The second-order valence-electron chi connectivity index (χ2n) is 7.45. The minimum Gasteiger partial charge on any atom is -0.398 e. The number of anilines is 2. The van der Waals surface area contributed by atoms with Gasteiger partial charge in [0.15, 0.2) is 0 Å². The molecule has 158 valence electrons. The Morgan fingerprint density at radius 1 is 1.33 bits per heavy atom. The van der Waals surface area contributed by atoms with E-state index in [0.717, 1.165) is 24.3 Å². The Labute approximate surface area is 176 Å². The lowest BCUT2D eigenvalue weighted by Crippen LogP contribution is -2.48. The molecule has 0 atom stereocenters. The number of aromatic amines is 1. The third kappa shape index (κ3) is 4.28. The van der Waals surface area contributed by atoms with Crippen molar-refractivity contribution in [2.24, 2.45) is 4.99 Å². The maximum atomic E-state index is 13.2. The Morgan fingerprint density at radius 2 is 2.03 bits per heavy atom. The van der Waals surface area contributed by atoms with Crippen molar-refractivity contribution in [2.75, 3.05) is 44.3 Å². The van der Waals surface area contributed by atoms with Gasteiger partial charge in [-0.05, 0) is 38.6 Å². The van der Waals surface area contributed by atoms with Crippen molar-refractivity contribution in [3.63, 3.8) is 0 Å². The van der Waals surface area contributed by atoms with E-state index in [1.165, 1.54) is 6.21 Å². The van der Waals surface area contributed by atoms with Crippen LogP contribution in [0, 0.1) is 12.3 Å². The summed E-state index contributed by atoms with van der Waals surface area (Å²) in [7, 11) is 2.06. The second-order valence-corrected chi connectivity index (χ2v) is 7.45. The monoisotopic (exact) mass is 407 g/mol. The summed E-state index contributed by atoms with van der Waals surface area (Å²) in [6, 6.07) is 3.62. The van der Waals surface area contributed by atoms with Crippen molar-refractivity contribution in [3.05, 3.63) is 45.6 Å². The van der Waals surface area contributed by atoms with E-state index >= 15 is 0 Å². The number of hydrogen-bond acceptors (Lipinski definition) is 6. The highest BCUT2D eigenvalue weighted by Crippen LogP contribution is 2.23. The van der Waals surface area contributed by atoms with E-state index < -0.39 is 0 Å². The highest BCUT2D eigenvalue weighted by atomic mass is 16.2. The van der Waals surface area contributed by atoms with Crippen molar-refractivity contribution in [1.82, 2.24) is 14.8 Å². The zero-order chi connectivity index (χ0) is 21.8. The summed E-state index contributed by atoms with van der Waals surface area (Å²) in [6.07, 6.45) is 4.58. The maximum absolute atomic E-state index is 13.2. The Balaban J connectivity index is 2.08. The van der Waals surface area contributed by atoms with Gasteiger partial charge in [-0.15, -0.1) is 0 Å². The standard InChI is InChI=1S/C22H29N7O/c1-5-25-21(27-19-11-16(12-23)18(24)10-14(19)2)20-15(3)26-13-17(20)22(30)29-8-6-28(4)7-9-29/h5,10-13,23,26-27H,3,6-9,24H2,1-2,4H3/b21-20-,23-12?,25-5-. The number of nitrogens with two attached hydrogens (primary N) is 1. The van der Waals surface area contributed by atoms with E-state index in [1.54, 1.807) is 18.5 Å². The number of aryl methyl sites for hydroxylation is 1. The van der Waals surface area contributed by atoms with E-state index in [2.05, 4.69) is 33.8 Å².